The minimum Gasteiger partial charge on any atom is -0.324 e. The van der Waals surface area contributed by atoms with Gasteiger partial charge in [-0.1, -0.05) is 32.0 Å². The molecule has 6 nitrogen and oxygen atoms in total. The first-order chi connectivity index (χ1) is 14.0. The van der Waals surface area contributed by atoms with Crippen LogP contribution in [-0.4, -0.2) is 21.7 Å². The van der Waals surface area contributed by atoms with Gasteiger partial charge in [-0.3, -0.25) is 9.59 Å². The molecule has 0 aliphatic heterocycles. The van der Waals surface area contributed by atoms with E-state index in [1.807, 2.05) is 18.2 Å². The maximum absolute atomic E-state index is 12.7. The number of aromatic nitrogens is 2. The number of anilines is 3. The largest absolute Gasteiger partial charge is 0.324 e. The normalized spacial score (nSPS) is 10.4. The van der Waals surface area contributed by atoms with Gasteiger partial charge in [0.05, 0.1) is 5.56 Å². The highest BCUT2D eigenvalue weighted by Crippen LogP contribution is 2.23. The van der Waals surface area contributed by atoms with Crippen molar-refractivity contribution in [3.8, 4) is 0 Å². The molecule has 0 aliphatic carbocycles. The molecule has 148 valence electrons. The topological polar surface area (TPSA) is 84.0 Å². The molecule has 0 spiro atoms. The van der Waals surface area contributed by atoms with Crippen LogP contribution < -0.4 is 10.6 Å². The smallest absolute Gasteiger partial charge is 0.258 e. The molecule has 1 heterocycles. The number of benzene rings is 2. The van der Waals surface area contributed by atoms with Crippen molar-refractivity contribution < 1.29 is 9.59 Å². The van der Waals surface area contributed by atoms with Gasteiger partial charge in [0, 0.05) is 29.3 Å². The molecule has 0 bridgehead atoms. The van der Waals surface area contributed by atoms with Gasteiger partial charge in [0.25, 0.3) is 5.91 Å². The molecule has 1 aromatic heterocycles. The van der Waals surface area contributed by atoms with Crippen LogP contribution >= 0.6 is 0 Å². The Balaban J connectivity index is 1.72. The predicted octanol–water partition coefficient (Wildman–Crippen LogP) is 4.80. The number of carbonyl (C=O) groups is 2. The Morgan fingerprint density at radius 3 is 1.97 bits per heavy atom. The molecule has 1 amide bonds. The molecule has 0 fully saturated rings. The van der Waals surface area contributed by atoms with Gasteiger partial charge < -0.3 is 10.6 Å². The van der Waals surface area contributed by atoms with Crippen LogP contribution in [0.2, 0.25) is 0 Å². The average Bonchev–Trinajstić information content (AvgIpc) is 2.74. The summed E-state index contributed by atoms with van der Waals surface area (Å²) in [4.78, 5) is 32.5. The van der Waals surface area contributed by atoms with Gasteiger partial charge in [0.2, 0.25) is 5.95 Å². The van der Waals surface area contributed by atoms with E-state index in [2.05, 4.69) is 34.4 Å². The van der Waals surface area contributed by atoms with Gasteiger partial charge in [-0.25, -0.2) is 9.97 Å². The van der Waals surface area contributed by atoms with E-state index in [0.29, 0.717) is 17.1 Å². The Morgan fingerprint density at radius 2 is 1.45 bits per heavy atom. The number of nitrogens with one attached hydrogen (secondary N) is 2. The van der Waals surface area contributed by atoms with Crippen LogP contribution in [0.3, 0.4) is 0 Å². The van der Waals surface area contributed by atoms with Crippen molar-refractivity contribution in [1.82, 2.24) is 9.97 Å². The molecule has 0 radical (unpaired) electrons. The van der Waals surface area contributed by atoms with Crippen LogP contribution in [0.15, 0.2) is 54.9 Å². The van der Waals surface area contributed by atoms with Crippen molar-refractivity contribution in [1.29, 1.82) is 0 Å². The van der Waals surface area contributed by atoms with Crippen LogP contribution in [0.5, 0.6) is 0 Å². The van der Waals surface area contributed by atoms with Crippen LogP contribution in [-0.2, 0) is 12.8 Å². The second kappa shape index (κ2) is 9.10. The SMILES string of the molecule is CCc1cccc(CC)c1NC(=O)c1cnc(Nc2ccc(C(C)=O)cc2)nc1. The highest BCUT2D eigenvalue weighted by Gasteiger charge is 2.13. The van der Waals surface area contributed by atoms with Crippen molar-refractivity contribution in [2.75, 3.05) is 10.6 Å². The molecule has 0 aliphatic rings. The zero-order chi connectivity index (χ0) is 20.8. The van der Waals surface area contributed by atoms with Gasteiger partial charge in [-0.15, -0.1) is 0 Å². The lowest BCUT2D eigenvalue weighted by Gasteiger charge is -2.14. The fraction of sp³-hybridized carbons (Fsp3) is 0.217. The Kier molecular flexibility index (Phi) is 6.34. The van der Waals surface area contributed by atoms with E-state index in [-0.39, 0.29) is 11.7 Å². The Morgan fingerprint density at radius 1 is 0.862 bits per heavy atom. The molecule has 2 N–H and O–H groups in total. The highest BCUT2D eigenvalue weighted by atomic mass is 16.1. The monoisotopic (exact) mass is 388 g/mol. The summed E-state index contributed by atoms with van der Waals surface area (Å²) in [6.45, 7) is 5.66. The number of para-hydroxylation sites is 1. The number of amides is 1. The molecule has 2 aromatic carbocycles. The number of carbonyl (C=O) groups excluding carboxylic acids is 2. The number of Topliss-reactive ketones (excluding diaryl/α,β-unsaturated/α-hetero) is 1. The maximum Gasteiger partial charge on any atom is 0.258 e. The number of hydrogen-bond donors (Lipinski definition) is 2. The first kappa shape index (κ1) is 20.2. The van der Waals surface area contributed by atoms with Gasteiger partial charge in [-0.05, 0) is 55.2 Å². The summed E-state index contributed by atoms with van der Waals surface area (Å²) in [5, 5.41) is 6.07. The van der Waals surface area contributed by atoms with E-state index in [4.69, 9.17) is 0 Å². The van der Waals surface area contributed by atoms with E-state index < -0.39 is 0 Å². The summed E-state index contributed by atoms with van der Waals surface area (Å²) in [7, 11) is 0. The van der Waals surface area contributed by atoms with Gasteiger partial charge in [0.1, 0.15) is 0 Å². The molecular weight excluding hydrogens is 364 g/mol. The van der Waals surface area contributed by atoms with E-state index in [1.165, 1.54) is 19.3 Å². The predicted molar refractivity (Wildman–Crippen MR) is 115 cm³/mol. The molecular formula is C23H24N4O2. The minimum atomic E-state index is -0.238. The van der Waals surface area contributed by atoms with Gasteiger partial charge in [-0.2, -0.15) is 0 Å². The number of hydrogen-bond acceptors (Lipinski definition) is 5. The molecule has 3 aromatic rings. The quantitative estimate of drug-likeness (QED) is 0.568. The summed E-state index contributed by atoms with van der Waals surface area (Å²) in [5.41, 5.74) is 4.86. The second-order valence-electron chi connectivity index (χ2n) is 6.67. The lowest BCUT2D eigenvalue weighted by molar-refractivity contribution is 0.101. The van der Waals surface area contributed by atoms with Crippen LogP contribution in [0.25, 0.3) is 0 Å². The lowest BCUT2D eigenvalue weighted by atomic mass is 10.0. The molecule has 3 rings (SSSR count). The third kappa shape index (κ3) is 4.85. The Bertz CT molecular complexity index is 990. The zero-order valence-electron chi connectivity index (χ0n) is 16.8. The summed E-state index contributed by atoms with van der Waals surface area (Å²) in [6, 6.07) is 13.1. The van der Waals surface area contributed by atoms with E-state index >= 15 is 0 Å². The van der Waals surface area contributed by atoms with Crippen molar-refractivity contribution in [2.24, 2.45) is 0 Å². The second-order valence-corrected chi connectivity index (χ2v) is 6.67. The zero-order valence-corrected chi connectivity index (χ0v) is 16.8. The third-order valence-electron chi connectivity index (χ3n) is 4.70. The fourth-order valence-electron chi connectivity index (χ4n) is 3.02. The average molecular weight is 388 g/mol. The minimum absolute atomic E-state index is 0.0130. The summed E-state index contributed by atoms with van der Waals surface area (Å²) in [6.07, 6.45) is 4.67. The summed E-state index contributed by atoms with van der Waals surface area (Å²) in [5.74, 6) is 0.150. The van der Waals surface area contributed by atoms with Crippen LogP contribution in [0.1, 0.15) is 52.6 Å². The van der Waals surface area contributed by atoms with E-state index in [9.17, 15) is 9.59 Å². The first-order valence-electron chi connectivity index (χ1n) is 9.64. The van der Waals surface area contributed by atoms with Crippen molar-refractivity contribution in [3.63, 3.8) is 0 Å². The standard InChI is InChI=1S/C23H24N4O2/c1-4-16-7-6-8-17(5-2)21(16)27-22(29)19-13-24-23(25-14-19)26-20-11-9-18(10-12-20)15(3)28/h6-14H,4-5H2,1-3H3,(H,27,29)(H,24,25,26). The molecule has 6 heteroatoms. The third-order valence-corrected chi connectivity index (χ3v) is 4.70. The fourth-order valence-corrected chi connectivity index (χ4v) is 3.02. The molecule has 0 unspecified atom stereocenters. The Labute approximate surface area is 170 Å². The number of nitrogens with zero attached hydrogens (tertiary/aromatic N) is 2. The number of ketones is 1. The van der Waals surface area contributed by atoms with Gasteiger partial charge >= 0.3 is 0 Å². The number of rotatable bonds is 7. The van der Waals surface area contributed by atoms with Crippen molar-refractivity contribution in [2.45, 2.75) is 33.6 Å². The van der Waals surface area contributed by atoms with Crippen molar-refractivity contribution >= 4 is 29.0 Å². The van der Waals surface area contributed by atoms with Crippen LogP contribution in [0, 0.1) is 0 Å². The van der Waals surface area contributed by atoms with E-state index in [0.717, 1.165) is 35.3 Å². The summed E-state index contributed by atoms with van der Waals surface area (Å²) < 4.78 is 0. The maximum atomic E-state index is 12.7. The highest BCUT2D eigenvalue weighted by molar-refractivity contribution is 6.04. The summed E-state index contributed by atoms with van der Waals surface area (Å²) >= 11 is 0. The molecule has 29 heavy (non-hydrogen) atoms. The van der Waals surface area contributed by atoms with Crippen LogP contribution in [0.4, 0.5) is 17.3 Å². The van der Waals surface area contributed by atoms with E-state index in [1.54, 1.807) is 24.3 Å². The molecule has 0 saturated carbocycles. The van der Waals surface area contributed by atoms with Gasteiger partial charge in [0.15, 0.2) is 5.78 Å². The molecule has 0 atom stereocenters. The Hall–Kier alpha value is -3.54. The van der Waals surface area contributed by atoms with Crippen molar-refractivity contribution in [3.05, 3.63) is 77.1 Å². The lowest BCUT2D eigenvalue weighted by Crippen LogP contribution is -2.15. The number of aryl methyl sites for hydroxylation is 2. The first-order valence-corrected chi connectivity index (χ1v) is 9.64. The molecule has 0 saturated heterocycles.